The molecule has 16 heavy (non-hydrogen) atoms. The first-order valence-electron chi connectivity index (χ1n) is 4.48. The van der Waals surface area contributed by atoms with E-state index in [2.05, 4.69) is 0 Å². The molecule has 0 bridgehead atoms. The molecule has 0 fully saturated rings. The van der Waals surface area contributed by atoms with Crippen LogP contribution < -0.4 is 0 Å². The van der Waals surface area contributed by atoms with Crippen LogP contribution in [0.5, 0.6) is 5.75 Å². The third kappa shape index (κ3) is 3.66. The van der Waals surface area contributed by atoms with Crippen LogP contribution in [0.2, 0.25) is 0 Å². The van der Waals surface area contributed by atoms with E-state index >= 15 is 0 Å². The van der Waals surface area contributed by atoms with E-state index < -0.39 is 17.4 Å². The Kier molecular flexibility index (Phi) is 4.49. The maximum Gasteiger partial charge on any atom is 0.200 e. The van der Waals surface area contributed by atoms with Gasteiger partial charge in [0, 0.05) is 12.7 Å². The fraction of sp³-hybridized carbons (Fsp3) is 0.182. The Balaban J connectivity index is 2.71. The van der Waals surface area contributed by atoms with E-state index in [-0.39, 0.29) is 5.12 Å². The van der Waals surface area contributed by atoms with Crippen molar-refractivity contribution in [3.63, 3.8) is 0 Å². The Bertz CT molecular complexity index is 407. The Morgan fingerprint density at radius 2 is 2.19 bits per heavy atom. The van der Waals surface area contributed by atoms with Crippen LogP contribution in [0.1, 0.15) is 12.5 Å². The van der Waals surface area contributed by atoms with Crippen LogP contribution in [0.4, 0.5) is 8.78 Å². The Labute approximate surface area is 96.0 Å². The molecule has 0 saturated heterocycles. The summed E-state index contributed by atoms with van der Waals surface area (Å²) in [4.78, 5) is 10.6. The van der Waals surface area contributed by atoms with Crippen molar-refractivity contribution >= 4 is 23.0 Å². The van der Waals surface area contributed by atoms with E-state index in [9.17, 15) is 13.6 Å². The number of carbonyl (C=O) groups is 1. The normalized spacial score (nSPS) is 10.9. The summed E-state index contributed by atoms with van der Waals surface area (Å²) in [6, 6.07) is 2.09. The first kappa shape index (κ1) is 12.7. The summed E-state index contributed by atoms with van der Waals surface area (Å²) in [5.41, 5.74) is 0.348. The number of thioether (sulfide) groups is 1. The quantitative estimate of drug-likeness (QED) is 0.888. The van der Waals surface area contributed by atoms with Gasteiger partial charge >= 0.3 is 0 Å². The topological polar surface area (TPSA) is 37.3 Å². The molecule has 0 saturated carbocycles. The van der Waals surface area contributed by atoms with Crippen molar-refractivity contribution in [2.45, 2.75) is 6.92 Å². The lowest BCUT2D eigenvalue weighted by molar-refractivity contribution is -0.109. The zero-order valence-corrected chi connectivity index (χ0v) is 9.35. The highest BCUT2D eigenvalue weighted by molar-refractivity contribution is 8.13. The number of hydrogen-bond acceptors (Lipinski definition) is 3. The van der Waals surface area contributed by atoms with Crippen molar-refractivity contribution in [1.29, 1.82) is 0 Å². The van der Waals surface area contributed by atoms with Crippen LogP contribution in [-0.2, 0) is 4.79 Å². The van der Waals surface area contributed by atoms with Crippen molar-refractivity contribution in [3.05, 3.63) is 35.4 Å². The molecule has 5 heteroatoms. The molecule has 2 nitrogen and oxygen atoms in total. The molecule has 0 atom stereocenters. The van der Waals surface area contributed by atoms with Crippen molar-refractivity contribution in [3.8, 4) is 5.75 Å². The third-order valence-corrected chi connectivity index (χ3v) is 2.49. The minimum atomic E-state index is -1.25. The van der Waals surface area contributed by atoms with E-state index in [1.807, 2.05) is 0 Å². The van der Waals surface area contributed by atoms with E-state index in [0.717, 1.165) is 23.9 Å². The zero-order chi connectivity index (χ0) is 12.1. The van der Waals surface area contributed by atoms with Crippen molar-refractivity contribution in [2.75, 3.05) is 5.75 Å². The summed E-state index contributed by atoms with van der Waals surface area (Å²) in [7, 11) is 0. The highest BCUT2D eigenvalue weighted by Crippen LogP contribution is 2.21. The molecule has 0 unspecified atom stereocenters. The van der Waals surface area contributed by atoms with Crippen LogP contribution >= 0.6 is 11.8 Å². The number of aromatic hydroxyl groups is 1. The number of benzene rings is 1. The van der Waals surface area contributed by atoms with E-state index in [4.69, 9.17) is 5.11 Å². The first-order chi connectivity index (χ1) is 7.50. The van der Waals surface area contributed by atoms with E-state index in [1.165, 1.54) is 13.0 Å². The molecule has 1 rings (SSSR count). The standard InChI is InChI=1S/C11H10F2O2S/c1-7(14)16-4-2-3-8-5-9(12)11(13)10(15)6-8/h2-3,5-6,15H,4H2,1H3. The molecule has 86 valence electrons. The molecule has 0 aromatic heterocycles. The second-order valence-corrected chi connectivity index (χ2v) is 4.24. The lowest BCUT2D eigenvalue weighted by atomic mass is 10.2. The predicted octanol–water partition coefficient (Wildman–Crippen LogP) is 2.96. The Morgan fingerprint density at radius 1 is 1.50 bits per heavy atom. The smallest absolute Gasteiger partial charge is 0.200 e. The molecule has 1 aromatic carbocycles. The van der Waals surface area contributed by atoms with Gasteiger partial charge in [-0.1, -0.05) is 23.9 Å². The maximum atomic E-state index is 12.8. The second kappa shape index (κ2) is 5.65. The van der Waals surface area contributed by atoms with Gasteiger partial charge in [-0.05, 0) is 17.7 Å². The summed E-state index contributed by atoms with van der Waals surface area (Å²) >= 11 is 1.11. The minimum Gasteiger partial charge on any atom is -0.505 e. The monoisotopic (exact) mass is 244 g/mol. The first-order valence-corrected chi connectivity index (χ1v) is 5.47. The van der Waals surface area contributed by atoms with E-state index in [0.29, 0.717) is 11.3 Å². The lowest BCUT2D eigenvalue weighted by Crippen LogP contribution is -1.86. The van der Waals surface area contributed by atoms with Crippen LogP contribution in [-0.4, -0.2) is 16.0 Å². The highest BCUT2D eigenvalue weighted by atomic mass is 32.2. The summed E-state index contributed by atoms with van der Waals surface area (Å²) < 4.78 is 25.6. The highest BCUT2D eigenvalue weighted by Gasteiger charge is 2.07. The summed E-state index contributed by atoms with van der Waals surface area (Å²) in [5, 5.41) is 9.00. The van der Waals surface area contributed by atoms with Crippen LogP contribution in [0.3, 0.4) is 0 Å². The van der Waals surface area contributed by atoms with Gasteiger partial charge in [-0.2, -0.15) is 4.39 Å². The summed E-state index contributed by atoms with van der Waals surface area (Å²) in [6.45, 7) is 1.45. The average molecular weight is 244 g/mol. The van der Waals surface area contributed by atoms with Gasteiger partial charge in [0.15, 0.2) is 22.5 Å². The molecular formula is C11H10F2O2S. The lowest BCUT2D eigenvalue weighted by Gasteiger charge is -1.99. The van der Waals surface area contributed by atoms with Crippen molar-refractivity contribution in [2.24, 2.45) is 0 Å². The Hall–Kier alpha value is -1.36. The predicted molar refractivity (Wildman–Crippen MR) is 60.2 cm³/mol. The number of rotatable bonds is 3. The molecule has 1 aromatic rings. The van der Waals surface area contributed by atoms with Crippen molar-refractivity contribution < 1.29 is 18.7 Å². The number of phenolic OH excluding ortho intramolecular Hbond substituents is 1. The van der Waals surface area contributed by atoms with Crippen LogP contribution in [0, 0.1) is 11.6 Å². The second-order valence-electron chi connectivity index (χ2n) is 3.04. The largest absolute Gasteiger partial charge is 0.505 e. The molecule has 0 aliphatic rings. The van der Waals surface area contributed by atoms with Gasteiger partial charge in [-0.3, -0.25) is 4.79 Å². The van der Waals surface area contributed by atoms with Gasteiger partial charge in [-0.25, -0.2) is 4.39 Å². The number of hydrogen-bond donors (Lipinski definition) is 1. The zero-order valence-electron chi connectivity index (χ0n) is 8.54. The van der Waals surface area contributed by atoms with Gasteiger partial charge in [-0.15, -0.1) is 0 Å². The third-order valence-electron chi connectivity index (χ3n) is 1.72. The van der Waals surface area contributed by atoms with Gasteiger partial charge < -0.3 is 5.11 Å². The Morgan fingerprint density at radius 3 is 2.75 bits per heavy atom. The molecule has 0 amide bonds. The molecule has 0 radical (unpaired) electrons. The van der Waals surface area contributed by atoms with Gasteiger partial charge in [0.1, 0.15) is 0 Å². The number of phenols is 1. The molecule has 0 spiro atoms. The van der Waals surface area contributed by atoms with Crippen LogP contribution in [0.25, 0.3) is 6.08 Å². The van der Waals surface area contributed by atoms with Crippen molar-refractivity contribution in [1.82, 2.24) is 0 Å². The van der Waals surface area contributed by atoms with Crippen LogP contribution in [0.15, 0.2) is 18.2 Å². The fourth-order valence-electron chi connectivity index (χ4n) is 1.04. The molecule has 0 aliphatic carbocycles. The fourth-order valence-corrected chi connectivity index (χ4v) is 1.47. The summed E-state index contributed by atoms with van der Waals surface area (Å²) in [6.07, 6.45) is 3.15. The molecule has 0 aliphatic heterocycles. The van der Waals surface area contributed by atoms with Gasteiger partial charge in [0.2, 0.25) is 0 Å². The molecular weight excluding hydrogens is 234 g/mol. The minimum absolute atomic E-state index is 0.0159. The van der Waals surface area contributed by atoms with Gasteiger partial charge in [0.05, 0.1) is 0 Å². The summed E-state index contributed by atoms with van der Waals surface area (Å²) in [5.74, 6) is -2.62. The molecule has 0 heterocycles. The van der Waals surface area contributed by atoms with E-state index in [1.54, 1.807) is 6.08 Å². The maximum absolute atomic E-state index is 12.8. The average Bonchev–Trinajstić information content (AvgIpc) is 2.20. The SMILES string of the molecule is CC(=O)SCC=Cc1cc(O)c(F)c(F)c1. The molecule has 1 N–H and O–H groups in total. The number of halogens is 2. The number of carbonyl (C=O) groups excluding carboxylic acids is 1. The van der Waals surface area contributed by atoms with Gasteiger partial charge in [0.25, 0.3) is 0 Å².